The van der Waals surface area contributed by atoms with Gasteiger partial charge in [-0.15, -0.1) is 0 Å². The summed E-state index contributed by atoms with van der Waals surface area (Å²) in [6.45, 7) is 9.68. The first-order valence-electron chi connectivity index (χ1n) is 14.6. The van der Waals surface area contributed by atoms with Gasteiger partial charge in [0, 0.05) is 6.42 Å². The first kappa shape index (κ1) is 31.5. The molecule has 0 bridgehead atoms. The van der Waals surface area contributed by atoms with Gasteiger partial charge in [0.25, 0.3) is 0 Å². The summed E-state index contributed by atoms with van der Waals surface area (Å²) < 4.78 is 4.68. The van der Waals surface area contributed by atoms with Gasteiger partial charge in [-0.3, -0.25) is 4.79 Å². The number of carbonyl (C=O) groups excluding carboxylic acids is 1. The van der Waals surface area contributed by atoms with Crippen LogP contribution in [0.4, 0.5) is 0 Å². The van der Waals surface area contributed by atoms with Crippen molar-refractivity contribution in [1.82, 2.24) is 0 Å². The minimum atomic E-state index is -0.0634. The number of carbonyl (C=O) groups is 1. The lowest BCUT2D eigenvalue weighted by Gasteiger charge is -2.15. The Morgan fingerprint density at radius 2 is 0.875 bits per heavy atom. The van der Waals surface area contributed by atoms with E-state index in [2.05, 4.69) is 32.4 Å². The van der Waals surface area contributed by atoms with Gasteiger partial charge in [0.2, 0.25) is 0 Å². The molecule has 3 atom stereocenters. The third kappa shape index (κ3) is 22.7. The van der Waals surface area contributed by atoms with Crippen LogP contribution in [0.3, 0.4) is 0 Å². The molecular weight excluding hydrogens is 392 g/mol. The van der Waals surface area contributed by atoms with Gasteiger partial charge in [-0.2, -0.15) is 0 Å². The maximum absolute atomic E-state index is 11.1. The second-order valence-electron chi connectivity index (χ2n) is 11.0. The molecule has 0 heterocycles. The summed E-state index contributed by atoms with van der Waals surface area (Å²) in [4.78, 5) is 11.1. The Hall–Kier alpha value is -0.530. The number of hydrogen-bond donors (Lipinski definition) is 0. The van der Waals surface area contributed by atoms with Crippen LogP contribution in [0, 0.1) is 17.8 Å². The highest BCUT2D eigenvalue weighted by Crippen LogP contribution is 2.22. The summed E-state index contributed by atoms with van der Waals surface area (Å²) in [5.74, 6) is 2.70. The first-order valence-corrected chi connectivity index (χ1v) is 14.6. The van der Waals surface area contributed by atoms with Gasteiger partial charge in [0.1, 0.15) is 0 Å². The Morgan fingerprint density at radius 1 is 0.531 bits per heavy atom. The lowest BCUT2D eigenvalue weighted by Crippen LogP contribution is -2.01. The Balaban J connectivity index is 3.36. The highest BCUT2D eigenvalue weighted by Gasteiger charge is 2.07. The lowest BCUT2D eigenvalue weighted by molar-refractivity contribution is -0.140. The van der Waals surface area contributed by atoms with E-state index in [4.69, 9.17) is 0 Å². The van der Waals surface area contributed by atoms with Crippen molar-refractivity contribution in [2.45, 2.75) is 163 Å². The molecule has 0 radical (unpaired) electrons. The number of esters is 1. The molecule has 2 nitrogen and oxygen atoms in total. The van der Waals surface area contributed by atoms with Crippen LogP contribution in [0.15, 0.2) is 0 Å². The number of ether oxygens (including phenoxy) is 1. The Kier molecular flexibility index (Phi) is 23.2. The van der Waals surface area contributed by atoms with Gasteiger partial charge in [-0.25, -0.2) is 0 Å². The standard InChI is InChI=1S/C30H60O2/c1-6-7-15-20-28(3)25-26-29(4)23-18-13-10-12-17-22-27(2)21-16-11-8-9-14-19-24-30(31)32-5/h27-29H,6-26H2,1-5H3/t27-,28+,29-/m1/s1. The lowest BCUT2D eigenvalue weighted by atomic mass is 9.91. The van der Waals surface area contributed by atoms with Crippen molar-refractivity contribution in [3.63, 3.8) is 0 Å². The number of rotatable bonds is 24. The predicted octanol–water partition coefficient (Wildman–Crippen LogP) is 10.3. The van der Waals surface area contributed by atoms with E-state index in [1.807, 2.05) is 0 Å². The molecule has 192 valence electrons. The fourth-order valence-corrected chi connectivity index (χ4v) is 4.83. The van der Waals surface area contributed by atoms with Gasteiger partial charge >= 0.3 is 5.97 Å². The van der Waals surface area contributed by atoms with Gasteiger partial charge in [-0.05, 0) is 24.2 Å². The molecule has 0 saturated carbocycles. The van der Waals surface area contributed by atoms with E-state index in [1.165, 1.54) is 129 Å². The van der Waals surface area contributed by atoms with Crippen molar-refractivity contribution < 1.29 is 9.53 Å². The summed E-state index contributed by atoms with van der Waals surface area (Å²) in [6.07, 6.45) is 28.1. The molecule has 0 aromatic rings. The Labute approximate surface area is 203 Å². The SMILES string of the molecule is CCCCC[C@H](C)CC[C@H](C)CCCCCCC[C@H](C)CCCCCCCCC(=O)OC. The molecule has 0 fully saturated rings. The van der Waals surface area contributed by atoms with E-state index in [-0.39, 0.29) is 5.97 Å². The van der Waals surface area contributed by atoms with E-state index in [0.717, 1.165) is 24.2 Å². The molecule has 0 saturated heterocycles. The predicted molar refractivity (Wildman–Crippen MR) is 142 cm³/mol. The van der Waals surface area contributed by atoms with E-state index in [1.54, 1.807) is 0 Å². The molecule has 0 aliphatic rings. The normalized spacial score (nSPS) is 14.3. The third-order valence-corrected chi connectivity index (χ3v) is 7.40. The van der Waals surface area contributed by atoms with Crippen LogP contribution in [-0.4, -0.2) is 13.1 Å². The summed E-state index contributed by atoms with van der Waals surface area (Å²) in [5, 5.41) is 0. The minimum Gasteiger partial charge on any atom is -0.469 e. The third-order valence-electron chi connectivity index (χ3n) is 7.40. The van der Waals surface area contributed by atoms with Crippen molar-refractivity contribution in [3.8, 4) is 0 Å². The Bertz CT molecular complexity index is 392. The van der Waals surface area contributed by atoms with E-state index in [9.17, 15) is 4.79 Å². The fourth-order valence-electron chi connectivity index (χ4n) is 4.83. The van der Waals surface area contributed by atoms with Gasteiger partial charge in [0.05, 0.1) is 7.11 Å². The molecule has 0 rings (SSSR count). The number of unbranched alkanes of at least 4 members (excludes halogenated alkanes) is 11. The molecule has 0 aromatic carbocycles. The molecule has 0 aliphatic heterocycles. The smallest absolute Gasteiger partial charge is 0.305 e. The minimum absolute atomic E-state index is 0.0634. The summed E-state index contributed by atoms with van der Waals surface area (Å²) >= 11 is 0. The monoisotopic (exact) mass is 452 g/mol. The zero-order valence-electron chi connectivity index (χ0n) is 22.9. The second kappa shape index (κ2) is 23.6. The maximum Gasteiger partial charge on any atom is 0.305 e. The average Bonchev–Trinajstić information content (AvgIpc) is 2.78. The van der Waals surface area contributed by atoms with Gasteiger partial charge in [-0.1, -0.05) is 150 Å². The van der Waals surface area contributed by atoms with Crippen molar-refractivity contribution in [1.29, 1.82) is 0 Å². The highest BCUT2D eigenvalue weighted by molar-refractivity contribution is 5.68. The van der Waals surface area contributed by atoms with Crippen molar-refractivity contribution in [2.24, 2.45) is 17.8 Å². The quantitative estimate of drug-likeness (QED) is 0.107. The summed E-state index contributed by atoms with van der Waals surface area (Å²) in [5.41, 5.74) is 0. The largest absolute Gasteiger partial charge is 0.469 e. The molecular formula is C30H60O2. The summed E-state index contributed by atoms with van der Waals surface area (Å²) in [7, 11) is 1.48. The molecule has 0 spiro atoms. The molecule has 0 amide bonds. The molecule has 0 unspecified atom stereocenters. The van der Waals surface area contributed by atoms with Crippen LogP contribution in [0.25, 0.3) is 0 Å². The first-order chi connectivity index (χ1) is 15.5. The maximum atomic E-state index is 11.1. The molecule has 32 heavy (non-hydrogen) atoms. The average molecular weight is 453 g/mol. The van der Waals surface area contributed by atoms with Crippen LogP contribution in [0.5, 0.6) is 0 Å². The van der Waals surface area contributed by atoms with Gasteiger partial charge in [0.15, 0.2) is 0 Å². The molecule has 2 heteroatoms. The molecule has 0 aliphatic carbocycles. The van der Waals surface area contributed by atoms with Crippen molar-refractivity contribution >= 4 is 5.97 Å². The van der Waals surface area contributed by atoms with E-state index >= 15 is 0 Å². The topological polar surface area (TPSA) is 26.3 Å². The molecule has 0 N–H and O–H groups in total. The second-order valence-corrected chi connectivity index (χ2v) is 11.0. The number of hydrogen-bond acceptors (Lipinski definition) is 2. The van der Waals surface area contributed by atoms with E-state index < -0.39 is 0 Å². The van der Waals surface area contributed by atoms with Crippen molar-refractivity contribution in [3.05, 3.63) is 0 Å². The van der Waals surface area contributed by atoms with Gasteiger partial charge < -0.3 is 4.74 Å². The summed E-state index contributed by atoms with van der Waals surface area (Å²) in [6, 6.07) is 0. The van der Waals surface area contributed by atoms with Crippen LogP contribution in [0.1, 0.15) is 163 Å². The fraction of sp³-hybridized carbons (Fsp3) is 0.967. The zero-order valence-corrected chi connectivity index (χ0v) is 22.9. The van der Waals surface area contributed by atoms with Crippen LogP contribution >= 0.6 is 0 Å². The van der Waals surface area contributed by atoms with Crippen molar-refractivity contribution in [2.75, 3.05) is 7.11 Å². The van der Waals surface area contributed by atoms with E-state index in [0.29, 0.717) is 6.42 Å². The number of methoxy groups -OCH3 is 1. The van der Waals surface area contributed by atoms with Crippen LogP contribution in [-0.2, 0) is 9.53 Å². The van der Waals surface area contributed by atoms with Crippen LogP contribution in [0.2, 0.25) is 0 Å². The highest BCUT2D eigenvalue weighted by atomic mass is 16.5. The Morgan fingerprint density at radius 3 is 1.28 bits per heavy atom. The zero-order chi connectivity index (χ0) is 23.9. The van der Waals surface area contributed by atoms with Crippen LogP contribution < -0.4 is 0 Å². The molecule has 0 aromatic heterocycles.